The molecule has 2 aliphatic heterocycles. The second-order valence-corrected chi connectivity index (χ2v) is 7.30. The first-order chi connectivity index (χ1) is 10.8. The van der Waals surface area contributed by atoms with Gasteiger partial charge in [-0.2, -0.15) is 0 Å². The lowest BCUT2D eigenvalue weighted by Crippen LogP contribution is -2.41. The van der Waals surface area contributed by atoms with E-state index in [2.05, 4.69) is 43.2 Å². The highest BCUT2D eigenvalue weighted by molar-refractivity contribution is 5.39. The van der Waals surface area contributed by atoms with Crippen LogP contribution >= 0.6 is 0 Å². The molecule has 0 amide bonds. The molecule has 2 aliphatic carbocycles. The van der Waals surface area contributed by atoms with Crippen LogP contribution in [0.5, 0.6) is 0 Å². The van der Waals surface area contributed by atoms with Crippen molar-refractivity contribution in [2.75, 3.05) is 19.6 Å². The van der Waals surface area contributed by atoms with Crippen LogP contribution in [-0.2, 0) is 13.1 Å². The fraction of sp³-hybridized carbons (Fsp3) is 0.647. The van der Waals surface area contributed by atoms with E-state index in [4.69, 9.17) is 0 Å². The highest BCUT2D eigenvalue weighted by Crippen LogP contribution is 2.60. The van der Waals surface area contributed by atoms with Crippen molar-refractivity contribution in [2.24, 2.45) is 11.3 Å². The van der Waals surface area contributed by atoms with Crippen molar-refractivity contribution in [3.05, 3.63) is 35.4 Å². The Balaban J connectivity index is 1.29. The Labute approximate surface area is 131 Å². The van der Waals surface area contributed by atoms with Gasteiger partial charge in [0.2, 0.25) is 0 Å². The van der Waals surface area contributed by atoms with E-state index < -0.39 is 0 Å². The molecule has 5 rings (SSSR count). The maximum atomic E-state index is 4.32. The Morgan fingerprint density at radius 1 is 1.32 bits per heavy atom. The first-order valence-electron chi connectivity index (χ1n) is 8.48. The molecule has 22 heavy (non-hydrogen) atoms. The quantitative estimate of drug-likeness (QED) is 0.893. The van der Waals surface area contributed by atoms with Crippen molar-refractivity contribution in [3.8, 4) is 0 Å². The fourth-order valence-corrected chi connectivity index (χ4v) is 4.64. The number of hydrogen-bond acceptors (Lipinski definition) is 4. The number of rotatable bonds is 2. The molecule has 3 atom stereocenters. The van der Waals surface area contributed by atoms with Crippen LogP contribution in [0.2, 0.25) is 0 Å². The molecule has 2 fully saturated rings. The number of hydrogen-bond donors (Lipinski definition) is 1. The van der Waals surface area contributed by atoms with Crippen molar-refractivity contribution in [2.45, 2.75) is 38.9 Å². The van der Waals surface area contributed by atoms with E-state index in [1.165, 1.54) is 19.5 Å². The molecule has 0 bridgehead atoms. The number of nitrogens with zero attached hydrogens (tertiary/aromatic N) is 4. The van der Waals surface area contributed by atoms with E-state index in [0.717, 1.165) is 43.6 Å². The smallest absolute Gasteiger partial charge is 0.147 e. The van der Waals surface area contributed by atoms with E-state index in [0.29, 0.717) is 11.5 Å². The number of fused-ring (bicyclic) bond motifs is 2. The van der Waals surface area contributed by atoms with Gasteiger partial charge >= 0.3 is 0 Å². The van der Waals surface area contributed by atoms with E-state index in [1.807, 2.05) is 6.92 Å². The van der Waals surface area contributed by atoms with E-state index in [9.17, 15) is 0 Å². The predicted molar refractivity (Wildman–Crippen MR) is 84.2 cm³/mol. The molecule has 0 aromatic carbocycles. The van der Waals surface area contributed by atoms with Gasteiger partial charge in [-0.25, -0.2) is 0 Å². The fourth-order valence-electron chi connectivity index (χ4n) is 4.64. The lowest BCUT2D eigenvalue weighted by Gasteiger charge is -2.34. The van der Waals surface area contributed by atoms with Gasteiger partial charge in [0.25, 0.3) is 0 Å². The van der Waals surface area contributed by atoms with Crippen LogP contribution in [-0.4, -0.2) is 45.3 Å². The molecule has 4 aliphatic rings. The minimum atomic E-state index is 0.501. The van der Waals surface area contributed by atoms with Crippen LogP contribution in [0.25, 0.3) is 0 Å². The van der Waals surface area contributed by atoms with Gasteiger partial charge in [-0.05, 0) is 37.8 Å². The molecule has 5 heteroatoms. The summed E-state index contributed by atoms with van der Waals surface area (Å²) >= 11 is 0. The summed E-state index contributed by atoms with van der Waals surface area (Å²) in [6, 6.07) is 0.525. The Morgan fingerprint density at radius 3 is 3.00 bits per heavy atom. The standard InChI is InChI=1S/C17H23N5/c1-12-19-20-16-10-21(6-7-22(12)16)15-4-2-13(3-5-15)17-8-14(17)9-18-11-17/h2-4,14-15,18H,5-11H2,1H3. The topological polar surface area (TPSA) is 46.0 Å². The Kier molecular flexibility index (Phi) is 2.68. The van der Waals surface area contributed by atoms with Gasteiger partial charge in [-0.1, -0.05) is 18.2 Å². The van der Waals surface area contributed by atoms with Gasteiger partial charge in [0.15, 0.2) is 0 Å². The van der Waals surface area contributed by atoms with Crippen molar-refractivity contribution >= 4 is 0 Å². The molecule has 116 valence electrons. The first kappa shape index (κ1) is 13.0. The summed E-state index contributed by atoms with van der Waals surface area (Å²) in [6.07, 6.45) is 9.88. The predicted octanol–water partition coefficient (Wildman–Crippen LogP) is 1.27. The molecule has 5 nitrogen and oxygen atoms in total. The molecule has 1 N–H and O–H groups in total. The third-order valence-electron chi connectivity index (χ3n) is 6.15. The lowest BCUT2D eigenvalue weighted by atomic mass is 9.88. The number of aryl methyl sites for hydroxylation is 1. The number of allylic oxidation sites excluding steroid dienone is 1. The van der Waals surface area contributed by atoms with Crippen molar-refractivity contribution < 1.29 is 0 Å². The highest BCUT2D eigenvalue weighted by atomic mass is 15.3. The zero-order chi connectivity index (χ0) is 14.7. The summed E-state index contributed by atoms with van der Waals surface area (Å²) in [4.78, 5) is 2.54. The molecule has 1 aromatic rings. The number of nitrogens with one attached hydrogen (secondary N) is 1. The van der Waals surface area contributed by atoms with Crippen LogP contribution in [0, 0.1) is 18.3 Å². The number of piperidine rings is 1. The molecule has 0 radical (unpaired) electrons. The van der Waals surface area contributed by atoms with Crippen LogP contribution < -0.4 is 5.32 Å². The molecule has 3 unspecified atom stereocenters. The molecule has 1 aromatic heterocycles. The summed E-state index contributed by atoms with van der Waals surface area (Å²) in [5.41, 5.74) is 2.09. The summed E-state index contributed by atoms with van der Waals surface area (Å²) < 4.78 is 2.25. The normalized spacial score (nSPS) is 36.9. The van der Waals surface area contributed by atoms with Crippen LogP contribution in [0.1, 0.15) is 24.5 Å². The maximum Gasteiger partial charge on any atom is 0.147 e. The minimum Gasteiger partial charge on any atom is -0.316 e. The van der Waals surface area contributed by atoms with Gasteiger partial charge < -0.3 is 9.88 Å². The summed E-state index contributed by atoms with van der Waals surface area (Å²) in [6.45, 7) is 7.49. The SMILES string of the molecule is Cc1nnc2n1CCN(C1C=CC(C34CNCC3C4)=CC1)C2. The van der Waals surface area contributed by atoms with Gasteiger partial charge in [0, 0.05) is 31.1 Å². The molecule has 0 spiro atoms. The summed E-state index contributed by atoms with van der Waals surface area (Å²) in [5, 5.41) is 12.1. The van der Waals surface area contributed by atoms with E-state index in [1.54, 1.807) is 5.57 Å². The van der Waals surface area contributed by atoms with E-state index in [-0.39, 0.29) is 0 Å². The monoisotopic (exact) mass is 297 g/mol. The van der Waals surface area contributed by atoms with Gasteiger partial charge in [-0.15, -0.1) is 10.2 Å². The summed E-state index contributed by atoms with van der Waals surface area (Å²) in [5.74, 6) is 3.06. The average molecular weight is 297 g/mol. The first-order valence-corrected chi connectivity index (χ1v) is 8.48. The molecule has 1 saturated heterocycles. The molecular formula is C17H23N5. The van der Waals surface area contributed by atoms with Crippen molar-refractivity contribution in [1.82, 2.24) is 25.0 Å². The van der Waals surface area contributed by atoms with Gasteiger partial charge in [0.05, 0.1) is 6.54 Å². The minimum absolute atomic E-state index is 0.501. The van der Waals surface area contributed by atoms with Crippen LogP contribution in [0.15, 0.2) is 23.8 Å². The van der Waals surface area contributed by atoms with Crippen LogP contribution in [0.4, 0.5) is 0 Å². The maximum absolute atomic E-state index is 4.32. The van der Waals surface area contributed by atoms with Crippen LogP contribution in [0.3, 0.4) is 0 Å². The average Bonchev–Trinajstić information content (AvgIpc) is 2.93. The second kappa shape index (κ2) is 4.52. The second-order valence-electron chi connectivity index (χ2n) is 7.30. The van der Waals surface area contributed by atoms with E-state index >= 15 is 0 Å². The largest absolute Gasteiger partial charge is 0.316 e. The molecule has 1 saturated carbocycles. The zero-order valence-electron chi connectivity index (χ0n) is 13.1. The highest BCUT2D eigenvalue weighted by Gasteiger charge is 2.58. The summed E-state index contributed by atoms with van der Waals surface area (Å²) in [7, 11) is 0. The van der Waals surface area contributed by atoms with Crippen molar-refractivity contribution in [1.29, 1.82) is 0 Å². The third-order valence-corrected chi connectivity index (χ3v) is 6.15. The van der Waals surface area contributed by atoms with Gasteiger partial charge in [-0.3, -0.25) is 4.90 Å². The molecule has 3 heterocycles. The zero-order valence-corrected chi connectivity index (χ0v) is 13.1. The van der Waals surface area contributed by atoms with Crippen molar-refractivity contribution in [3.63, 3.8) is 0 Å². The number of aromatic nitrogens is 3. The Hall–Kier alpha value is -1.46. The Morgan fingerprint density at radius 2 is 2.27 bits per heavy atom. The van der Waals surface area contributed by atoms with Gasteiger partial charge in [0.1, 0.15) is 11.6 Å². The Bertz CT molecular complexity index is 673. The third kappa shape index (κ3) is 1.78. The lowest BCUT2D eigenvalue weighted by molar-refractivity contribution is 0.178. The molecular weight excluding hydrogens is 274 g/mol.